The van der Waals surface area contributed by atoms with Gasteiger partial charge in [0.05, 0.1) is 19.9 Å². The van der Waals surface area contributed by atoms with Crippen molar-refractivity contribution in [2.75, 3.05) is 20.8 Å². The van der Waals surface area contributed by atoms with E-state index in [2.05, 4.69) is 15.1 Å². The van der Waals surface area contributed by atoms with Gasteiger partial charge < -0.3 is 18.9 Å². The maximum absolute atomic E-state index is 6.03. The lowest BCUT2D eigenvalue weighted by atomic mass is 10.1. The first-order valence-corrected chi connectivity index (χ1v) is 9.09. The molecule has 8 nitrogen and oxygen atoms in total. The van der Waals surface area contributed by atoms with Gasteiger partial charge in [0.15, 0.2) is 34.9 Å². The molecule has 3 heterocycles. The Morgan fingerprint density at radius 1 is 1.00 bits per heavy atom. The second-order valence-electron chi connectivity index (χ2n) is 6.45. The number of ether oxygens (including phenoxy) is 4. The SMILES string of the molecule is COc1ccc(-c2ccnc3nc([C@@H]4COc5ccccc5O4)nn23)cc1OC. The van der Waals surface area contributed by atoms with Crippen molar-refractivity contribution in [1.82, 2.24) is 19.6 Å². The maximum Gasteiger partial charge on any atom is 0.253 e. The van der Waals surface area contributed by atoms with Gasteiger partial charge >= 0.3 is 0 Å². The number of nitrogens with zero attached hydrogens (tertiary/aromatic N) is 4. The lowest BCUT2D eigenvalue weighted by molar-refractivity contribution is 0.0852. The molecule has 0 bridgehead atoms. The minimum Gasteiger partial charge on any atom is -0.493 e. The number of hydrogen-bond acceptors (Lipinski definition) is 7. The van der Waals surface area contributed by atoms with E-state index in [1.165, 1.54) is 0 Å². The predicted molar refractivity (Wildman–Crippen MR) is 105 cm³/mol. The van der Waals surface area contributed by atoms with Crippen LogP contribution in [0.15, 0.2) is 54.7 Å². The molecule has 0 spiro atoms. The molecule has 0 radical (unpaired) electrons. The van der Waals surface area contributed by atoms with Crippen molar-refractivity contribution in [3.8, 4) is 34.3 Å². The van der Waals surface area contributed by atoms with Crippen LogP contribution in [0.5, 0.6) is 23.0 Å². The molecular formula is C21H18N4O4. The Labute approximate surface area is 166 Å². The maximum atomic E-state index is 6.03. The summed E-state index contributed by atoms with van der Waals surface area (Å²) in [5, 5.41) is 4.65. The number of aromatic nitrogens is 4. The van der Waals surface area contributed by atoms with E-state index in [4.69, 9.17) is 18.9 Å². The summed E-state index contributed by atoms with van der Waals surface area (Å²) < 4.78 is 24.3. The molecule has 8 heteroatoms. The number of para-hydroxylation sites is 2. The molecule has 2 aromatic carbocycles. The van der Waals surface area contributed by atoms with Crippen LogP contribution >= 0.6 is 0 Å². The van der Waals surface area contributed by atoms with E-state index in [-0.39, 0.29) is 0 Å². The van der Waals surface area contributed by atoms with Crippen molar-refractivity contribution in [1.29, 1.82) is 0 Å². The Morgan fingerprint density at radius 2 is 1.83 bits per heavy atom. The third kappa shape index (κ3) is 2.98. The minimum absolute atomic E-state index is 0.333. The molecule has 2 aromatic heterocycles. The van der Waals surface area contributed by atoms with E-state index >= 15 is 0 Å². The van der Waals surface area contributed by atoms with Crippen LogP contribution < -0.4 is 18.9 Å². The van der Waals surface area contributed by atoms with Gasteiger partial charge in [-0.2, -0.15) is 9.50 Å². The van der Waals surface area contributed by atoms with E-state index in [9.17, 15) is 0 Å². The largest absolute Gasteiger partial charge is 0.493 e. The standard InChI is InChI=1S/C21H18N4O4/c1-26-15-8-7-13(11-18(15)27-2)14-9-10-22-21-23-20(24-25(14)21)19-12-28-16-5-3-4-6-17(16)29-19/h3-11,19H,12H2,1-2H3/t19-/m0/s1. The summed E-state index contributed by atoms with van der Waals surface area (Å²) in [6.45, 7) is 0.333. The molecule has 4 aromatic rings. The van der Waals surface area contributed by atoms with Crippen molar-refractivity contribution in [2.45, 2.75) is 6.10 Å². The van der Waals surface area contributed by atoms with Gasteiger partial charge in [0.2, 0.25) is 0 Å². The molecule has 5 rings (SSSR count). The van der Waals surface area contributed by atoms with Crippen molar-refractivity contribution >= 4 is 5.78 Å². The number of fused-ring (bicyclic) bond motifs is 2. The van der Waals surface area contributed by atoms with Crippen LogP contribution in [-0.4, -0.2) is 40.4 Å². The predicted octanol–water partition coefficient (Wildman–Crippen LogP) is 3.32. The molecular weight excluding hydrogens is 372 g/mol. The van der Waals surface area contributed by atoms with Crippen LogP contribution in [0.4, 0.5) is 0 Å². The number of hydrogen-bond donors (Lipinski definition) is 0. The summed E-state index contributed by atoms with van der Waals surface area (Å²) in [4.78, 5) is 8.89. The highest BCUT2D eigenvalue weighted by atomic mass is 16.6. The second-order valence-corrected chi connectivity index (χ2v) is 6.45. The average Bonchev–Trinajstić information content (AvgIpc) is 3.22. The summed E-state index contributed by atoms with van der Waals surface area (Å²) in [6.07, 6.45) is 1.29. The summed E-state index contributed by atoms with van der Waals surface area (Å²) in [5.74, 6) is 3.69. The molecule has 1 aliphatic rings. The molecule has 0 unspecified atom stereocenters. The lowest BCUT2D eigenvalue weighted by Crippen LogP contribution is -2.22. The molecule has 0 aliphatic carbocycles. The highest BCUT2D eigenvalue weighted by Crippen LogP contribution is 2.36. The van der Waals surface area contributed by atoms with E-state index < -0.39 is 6.10 Å². The third-order valence-corrected chi connectivity index (χ3v) is 4.73. The molecule has 0 saturated carbocycles. The van der Waals surface area contributed by atoms with E-state index in [0.29, 0.717) is 35.5 Å². The van der Waals surface area contributed by atoms with E-state index in [1.807, 2.05) is 48.5 Å². The molecule has 1 atom stereocenters. The molecule has 146 valence electrons. The van der Waals surface area contributed by atoms with E-state index in [0.717, 1.165) is 17.0 Å². The fourth-order valence-corrected chi connectivity index (χ4v) is 3.31. The Kier molecular flexibility index (Phi) is 4.16. The zero-order chi connectivity index (χ0) is 19.8. The summed E-state index contributed by atoms with van der Waals surface area (Å²) in [7, 11) is 3.21. The van der Waals surface area contributed by atoms with Crippen LogP contribution in [0.3, 0.4) is 0 Å². The smallest absolute Gasteiger partial charge is 0.253 e. The van der Waals surface area contributed by atoms with Gasteiger partial charge in [0.1, 0.15) is 6.61 Å². The van der Waals surface area contributed by atoms with Gasteiger partial charge in [-0.15, -0.1) is 5.10 Å². The number of benzene rings is 2. The van der Waals surface area contributed by atoms with Gasteiger partial charge in [-0.05, 0) is 36.4 Å². The molecule has 29 heavy (non-hydrogen) atoms. The molecule has 0 fully saturated rings. The normalized spacial score (nSPS) is 15.3. The first-order chi connectivity index (χ1) is 14.3. The summed E-state index contributed by atoms with van der Waals surface area (Å²) >= 11 is 0. The van der Waals surface area contributed by atoms with Gasteiger partial charge in [-0.1, -0.05) is 12.1 Å². The zero-order valence-corrected chi connectivity index (χ0v) is 15.9. The van der Waals surface area contributed by atoms with Crippen molar-refractivity contribution in [3.63, 3.8) is 0 Å². The molecule has 1 aliphatic heterocycles. The first-order valence-electron chi connectivity index (χ1n) is 9.09. The monoisotopic (exact) mass is 390 g/mol. The van der Waals surface area contributed by atoms with Crippen molar-refractivity contribution in [2.24, 2.45) is 0 Å². The van der Waals surface area contributed by atoms with Gasteiger partial charge in [0, 0.05) is 11.8 Å². The quantitative estimate of drug-likeness (QED) is 0.529. The Morgan fingerprint density at radius 3 is 2.66 bits per heavy atom. The van der Waals surface area contributed by atoms with Crippen molar-refractivity contribution < 1.29 is 18.9 Å². The fourth-order valence-electron chi connectivity index (χ4n) is 3.31. The van der Waals surface area contributed by atoms with Crippen LogP contribution in [0, 0.1) is 0 Å². The first kappa shape index (κ1) is 17.3. The zero-order valence-electron chi connectivity index (χ0n) is 15.9. The molecule has 0 N–H and O–H groups in total. The highest BCUT2D eigenvalue weighted by Gasteiger charge is 2.26. The Bertz CT molecular complexity index is 1190. The van der Waals surface area contributed by atoms with Crippen LogP contribution in [0.2, 0.25) is 0 Å². The number of methoxy groups -OCH3 is 2. The van der Waals surface area contributed by atoms with Crippen LogP contribution in [0.25, 0.3) is 17.0 Å². The van der Waals surface area contributed by atoms with Crippen LogP contribution in [0.1, 0.15) is 11.9 Å². The van der Waals surface area contributed by atoms with Gasteiger partial charge in [-0.3, -0.25) is 0 Å². The molecule has 0 saturated heterocycles. The van der Waals surface area contributed by atoms with Gasteiger partial charge in [0.25, 0.3) is 5.78 Å². The second kappa shape index (κ2) is 6.97. The molecule has 0 amide bonds. The van der Waals surface area contributed by atoms with Crippen LogP contribution in [-0.2, 0) is 0 Å². The minimum atomic E-state index is -0.412. The Balaban J connectivity index is 1.54. The third-order valence-electron chi connectivity index (χ3n) is 4.73. The fraction of sp³-hybridized carbons (Fsp3) is 0.190. The summed E-state index contributed by atoms with van der Waals surface area (Å²) in [5.41, 5.74) is 1.73. The topological polar surface area (TPSA) is 80.0 Å². The summed E-state index contributed by atoms with van der Waals surface area (Å²) in [6, 6.07) is 15.1. The van der Waals surface area contributed by atoms with Gasteiger partial charge in [-0.25, -0.2) is 4.98 Å². The van der Waals surface area contributed by atoms with Crippen molar-refractivity contribution in [3.05, 3.63) is 60.6 Å². The average molecular weight is 390 g/mol. The van der Waals surface area contributed by atoms with E-state index in [1.54, 1.807) is 24.9 Å². The lowest BCUT2D eigenvalue weighted by Gasteiger charge is -2.24. The Hall–Kier alpha value is -3.81. The highest BCUT2D eigenvalue weighted by molar-refractivity contribution is 5.65. The number of rotatable bonds is 4.